The van der Waals surface area contributed by atoms with Crippen LogP contribution in [0.5, 0.6) is 0 Å². The van der Waals surface area contributed by atoms with Gasteiger partial charge in [0.05, 0.1) is 5.69 Å². The van der Waals surface area contributed by atoms with Crippen molar-refractivity contribution in [2.24, 2.45) is 0 Å². The van der Waals surface area contributed by atoms with Crippen molar-refractivity contribution in [2.45, 2.75) is 6.92 Å². The number of carbonyl (C=O) groups excluding carboxylic acids is 1. The van der Waals surface area contributed by atoms with Crippen molar-refractivity contribution in [3.05, 3.63) is 17.6 Å². The molecule has 3 nitrogen and oxygen atoms in total. The van der Waals surface area contributed by atoms with E-state index in [1.54, 1.807) is 6.92 Å². The number of hydrogen-bond acceptors (Lipinski definition) is 3. The molecule has 0 saturated heterocycles. The molecule has 0 fully saturated rings. The number of aldehydes is 1. The van der Waals surface area contributed by atoms with Crippen molar-refractivity contribution in [1.82, 2.24) is 0 Å². The van der Waals surface area contributed by atoms with Gasteiger partial charge in [0.15, 0.2) is 12.0 Å². The highest BCUT2D eigenvalue weighted by Crippen LogP contribution is 2.13. The average Bonchev–Trinajstić information content (AvgIpc) is 2.13. The van der Waals surface area contributed by atoms with Crippen LogP contribution in [0.4, 0.5) is 5.69 Å². The van der Waals surface area contributed by atoms with Gasteiger partial charge in [-0.1, -0.05) is 0 Å². The number of hydrogen-bond donors (Lipinski definition) is 1. The lowest BCUT2D eigenvalue weighted by Gasteiger charge is -1.80. The SMILES string of the molecule is Cc1oc(C=O)cc1N. The van der Waals surface area contributed by atoms with Gasteiger partial charge in [-0.3, -0.25) is 4.79 Å². The van der Waals surface area contributed by atoms with Crippen LogP contribution in [-0.4, -0.2) is 6.29 Å². The van der Waals surface area contributed by atoms with Gasteiger partial charge in [-0.15, -0.1) is 0 Å². The van der Waals surface area contributed by atoms with E-state index in [2.05, 4.69) is 0 Å². The summed E-state index contributed by atoms with van der Waals surface area (Å²) in [5.74, 6) is 0.877. The average molecular weight is 125 g/mol. The van der Waals surface area contributed by atoms with Crippen LogP contribution in [0, 0.1) is 6.92 Å². The van der Waals surface area contributed by atoms with Crippen molar-refractivity contribution in [3.63, 3.8) is 0 Å². The molecule has 0 bridgehead atoms. The van der Waals surface area contributed by atoms with Gasteiger partial charge in [0, 0.05) is 6.07 Å². The molecule has 0 spiro atoms. The van der Waals surface area contributed by atoms with E-state index in [9.17, 15) is 4.79 Å². The molecule has 0 aliphatic carbocycles. The van der Waals surface area contributed by atoms with Crippen LogP contribution < -0.4 is 5.73 Å². The van der Waals surface area contributed by atoms with Gasteiger partial charge in [-0.05, 0) is 6.92 Å². The largest absolute Gasteiger partial charge is 0.456 e. The van der Waals surface area contributed by atoms with E-state index < -0.39 is 0 Å². The monoisotopic (exact) mass is 125 g/mol. The Kier molecular flexibility index (Phi) is 1.26. The Morgan fingerprint density at radius 2 is 2.44 bits per heavy atom. The van der Waals surface area contributed by atoms with E-state index in [0.29, 0.717) is 17.7 Å². The Labute approximate surface area is 52.5 Å². The summed E-state index contributed by atoms with van der Waals surface area (Å²) in [4.78, 5) is 10.0. The van der Waals surface area contributed by atoms with E-state index in [1.807, 2.05) is 0 Å². The topological polar surface area (TPSA) is 56.2 Å². The molecule has 1 aromatic heterocycles. The maximum absolute atomic E-state index is 10.0. The number of furan rings is 1. The molecule has 0 saturated carbocycles. The van der Waals surface area contributed by atoms with Crippen molar-refractivity contribution in [1.29, 1.82) is 0 Å². The summed E-state index contributed by atoms with van der Waals surface area (Å²) >= 11 is 0. The fourth-order valence-electron chi connectivity index (χ4n) is 0.578. The number of rotatable bonds is 1. The van der Waals surface area contributed by atoms with Crippen molar-refractivity contribution >= 4 is 12.0 Å². The first-order valence-electron chi connectivity index (χ1n) is 2.55. The minimum atomic E-state index is 0.282. The van der Waals surface area contributed by atoms with Crippen LogP contribution in [-0.2, 0) is 0 Å². The zero-order chi connectivity index (χ0) is 6.85. The predicted molar refractivity (Wildman–Crippen MR) is 33.2 cm³/mol. The highest BCUT2D eigenvalue weighted by atomic mass is 16.3. The van der Waals surface area contributed by atoms with Crippen LogP contribution in [0.2, 0.25) is 0 Å². The summed E-state index contributed by atoms with van der Waals surface area (Å²) in [6.07, 6.45) is 0.628. The summed E-state index contributed by atoms with van der Waals surface area (Å²) in [5.41, 5.74) is 5.89. The maximum atomic E-state index is 10.0. The van der Waals surface area contributed by atoms with Gasteiger partial charge >= 0.3 is 0 Å². The second-order valence-corrected chi connectivity index (χ2v) is 1.78. The lowest BCUT2D eigenvalue weighted by Crippen LogP contribution is -1.80. The third-order valence-electron chi connectivity index (χ3n) is 1.09. The lowest BCUT2D eigenvalue weighted by atomic mass is 10.4. The molecule has 0 amide bonds. The van der Waals surface area contributed by atoms with Gasteiger partial charge in [-0.25, -0.2) is 0 Å². The number of nitrogen functional groups attached to an aromatic ring is 1. The Hall–Kier alpha value is -1.25. The molecule has 9 heavy (non-hydrogen) atoms. The second-order valence-electron chi connectivity index (χ2n) is 1.78. The van der Waals surface area contributed by atoms with Crippen molar-refractivity contribution in [2.75, 3.05) is 5.73 Å². The first kappa shape index (κ1) is 5.88. The first-order chi connectivity index (χ1) is 4.24. The van der Waals surface area contributed by atoms with Crippen LogP contribution in [0.3, 0.4) is 0 Å². The minimum absolute atomic E-state index is 0.282. The quantitative estimate of drug-likeness (QED) is 0.569. The number of aryl methyl sites for hydroxylation is 1. The smallest absolute Gasteiger partial charge is 0.185 e. The molecule has 0 unspecified atom stereocenters. The molecule has 2 N–H and O–H groups in total. The number of nitrogens with two attached hydrogens (primary N) is 1. The fourth-order valence-corrected chi connectivity index (χ4v) is 0.578. The van der Waals surface area contributed by atoms with Crippen LogP contribution in [0.1, 0.15) is 16.3 Å². The van der Waals surface area contributed by atoms with Gasteiger partial charge < -0.3 is 10.2 Å². The Balaban J connectivity index is 3.11. The van der Waals surface area contributed by atoms with E-state index in [-0.39, 0.29) is 5.76 Å². The Morgan fingerprint density at radius 1 is 1.78 bits per heavy atom. The second kappa shape index (κ2) is 1.93. The molecule has 0 aliphatic heterocycles. The maximum Gasteiger partial charge on any atom is 0.185 e. The molecule has 0 aromatic carbocycles. The minimum Gasteiger partial charge on any atom is -0.456 e. The summed E-state index contributed by atoms with van der Waals surface area (Å²) in [5, 5.41) is 0. The van der Waals surface area contributed by atoms with Crippen LogP contribution in [0.25, 0.3) is 0 Å². The van der Waals surface area contributed by atoms with Crippen LogP contribution in [0.15, 0.2) is 10.5 Å². The molecule has 1 rings (SSSR count). The summed E-state index contributed by atoms with van der Waals surface area (Å²) in [6.45, 7) is 1.71. The van der Waals surface area contributed by atoms with Gasteiger partial charge in [0.1, 0.15) is 5.76 Å². The van der Waals surface area contributed by atoms with Gasteiger partial charge in [0.25, 0.3) is 0 Å². The van der Waals surface area contributed by atoms with Gasteiger partial charge in [0.2, 0.25) is 0 Å². The third kappa shape index (κ3) is 0.937. The highest BCUT2D eigenvalue weighted by Gasteiger charge is 2.00. The molecule has 1 heterocycles. The molecular formula is C6H7NO2. The van der Waals surface area contributed by atoms with E-state index in [4.69, 9.17) is 10.2 Å². The van der Waals surface area contributed by atoms with E-state index >= 15 is 0 Å². The molecule has 0 atom stereocenters. The predicted octanol–water partition coefficient (Wildman–Crippen LogP) is 0.983. The van der Waals surface area contributed by atoms with Gasteiger partial charge in [-0.2, -0.15) is 0 Å². The third-order valence-corrected chi connectivity index (χ3v) is 1.09. The normalized spacial score (nSPS) is 9.44. The summed E-state index contributed by atoms with van der Waals surface area (Å²) < 4.78 is 4.87. The van der Waals surface area contributed by atoms with Crippen LogP contribution >= 0.6 is 0 Å². The summed E-state index contributed by atoms with van der Waals surface area (Å²) in [7, 11) is 0. The molecule has 48 valence electrons. The standard InChI is InChI=1S/C6H7NO2/c1-4-6(7)2-5(3-8)9-4/h2-3H,7H2,1H3. The Morgan fingerprint density at radius 3 is 2.67 bits per heavy atom. The lowest BCUT2D eigenvalue weighted by molar-refractivity contribution is 0.109. The number of carbonyl (C=O) groups is 1. The zero-order valence-electron chi connectivity index (χ0n) is 5.05. The summed E-state index contributed by atoms with van der Waals surface area (Å²) in [6, 6.07) is 1.50. The molecule has 0 radical (unpaired) electrons. The van der Waals surface area contributed by atoms with Crippen molar-refractivity contribution < 1.29 is 9.21 Å². The molecule has 0 aliphatic rings. The van der Waals surface area contributed by atoms with Crippen molar-refractivity contribution in [3.8, 4) is 0 Å². The van der Waals surface area contributed by atoms with E-state index in [1.165, 1.54) is 6.07 Å². The first-order valence-corrected chi connectivity index (χ1v) is 2.55. The number of anilines is 1. The van der Waals surface area contributed by atoms with E-state index in [0.717, 1.165) is 0 Å². The Bertz CT molecular complexity index is 207. The molecule has 1 aromatic rings. The fraction of sp³-hybridized carbons (Fsp3) is 0.167. The zero-order valence-corrected chi connectivity index (χ0v) is 5.05. The highest BCUT2D eigenvalue weighted by molar-refractivity contribution is 5.73. The molecular weight excluding hydrogens is 118 g/mol. The molecule has 3 heteroatoms.